The van der Waals surface area contributed by atoms with Crippen molar-refractivity contribution >= 4 is 27.7 Å². The van der Waals surface area contributed by atoms with Gasteiger partial charge in [0.25, 0.3) is 5.69 Å². The van der Waals surface area contributed by atoms with Crippen LogP contribution < -0.4 is 0 Å². The molecule has 0 N–H and O–H groups in total. The van der Waals surface area contributed by atoms with Crippen LogP contribution in [0.15, 0.2) is 22.7 Å². The predicted octanol–water partition coefficient (Wildman–Crippen LogP) is 3.41. The number of carbonyl (C=O) groups excluding carboxylic acids is 1. The molecule has 1 fully saturated rings. The van der Waals surface area contributed by atoms with Crippen molar-refractivity contribution < 1.29 is 14.5 Å². The van der Waals surface area contributed by atoms with E-state index in [0.717, 1.165) is 0 Å². The number of hydrogen-bond acceptors (Lipinski definition) is 5. The second kappa shape index (κ2) is 7.48. The fraction of sp³-hybridized carbons (Fsp3) is 0.562. The van der Waals surface area contributed by atoms with Crippen molar-refractivity contribution in [3.05, 3.63) is 38.3 Å². The molecule has 1 saturated heterocycles. The molecular weight excluding hydrogens is 378 g/mol. The van der Waals surface area contributed by atoms with E-state index in [-0.39, 0.29) is 16.7 Å². The molecule has 1 aromatic rings. The monoisotopic (exact) mass is 399 g/mol. The molecule has 7 nitrogen and oxygen atoms in total. The van der Waals surface area contributed by atoms with Crippen molar-refractivity contribution in [2.75, 3.05) is 26.2 Å². The molecule has 0 saturated carbocycles. The highest BCUT2D eigenvalue weighted by Crippen LogP contribution is 2.29. The van der Waals surface area contributed by atoms with Crippen LogP contribution in [0.4, 0.5) is 10.5 Å². The van der Waals surface area contributed by atoms with E-state index >= 15 is 0 Å². The number of nitro benzene ring substituents is 1. The molecule has 132 valence electrons. The third-order valence-corrected chi connectivity index (χ3v) is 4.31. The molecule has 1 aromatic carbocycles. The number of piperazine rings is 1. The smallest absolute Gasteiger partial charge is 0.410 e. The lowest BCUT2D eigenvalue weighted by molar-refractivity contribution is -0.386. The van der Waals surface area contributed by atoms with Gasteiger partial charge in [-0.25, -0.2) is 4.79 Å². The van der Waals surface area contributed by atoms with Crippen LogP contribution in [0.25, 0.3) is 0 Å². The Hall–Kier alpha value is -1.67. The van der Waals surface area contributed by atoms with E-state index < -0.39 is 5.60 Å². The van der Waals surface area contributed by atoms with E-state index in [1.807, 2.05) is 20.8 Å². The summed E-state index contributed by atoms with van der Waals surface area (Å²) in [6.45, 7) is 8.42. The number of para-hydroxylation sites is 1. The van der Waals surface area contributed by atoms with Gasteiger partial charge in [0.15, 0.2) is 0 Å². The minimum atomic E-state index is -0.509. The number of benzene rings is 1. The van der Waals surface area contributed by atoms with E-state index in [2.05, 4.69) is 20.8 Å². The van der Waals surface area contributed by atoms with Gasteiger partial charge in [0.1, 0.15) is 5.60 Å². The Balaban J connectivity index is 1.96. The van der Waals surface area contributed by atoms with E-state index in [1.54, 1.807) is 23.1 Å². The summed E-state index contributed by atoms with van der Waals surface area (Å²) >= 11 is 3.24. The fourth-order valence-corrected chi connectivity index (χ4v) is 3.10. The number of nitro groups is 1. The average Bonchev–Trinajstić information content (AvgIpc) is 2.45. The molecule has 0 aliphatic carbocycles. The van der Waals surface area contributed by atoms with E-state index in [0.29, 0.717) is 42.8 Å². The zero-order valence-electron chi connectivity index (χ0n) is 14.1. The van der Waals surface area contributed by atoms with E-state index in [4.69, 9.17) is 4.74 Å². The first-order valence-corrected chi connectivity index (χ1v) is 8.59. The summed E-state index contributed by atoms with van der Waals surface area (Å²) in [7, 11) is 0. The average molecular weight is 400 g/mol. The molecule has 24 heavy (non-hydrogen) atoms. The number of ether oxygens (including phenoxy) is 1. The number of nitrogens with zero attached hydrogens (tertiary/aromatic N) is 3. The molecule has 0 unspecified atom stereocenters. The van der Waals surface area contributed by atoms with Gasteiger partial charge in [-0.3, -0.25) is 15.0 Å². The van der Waals surface area contributed by atoms with Crippen LogP contribution in [-0.4, -0.2) is 52.6 Å². The molecule has 8 heteroatoms. The first-order valence-electron chi connectivity index (χ1n) is 7.79. The van der Waals surface area contributed by atoms with Gasteiger partial charge in [0, 0.05) is 38.3 Å². The quantitative estimate of drug-likeness (QED) is 0.574. The van der Waals surface area contributed by atoms with Gasteiger partial charge in [0.2, 0.25) is 0 Å². The summed E-state index contributed by atoms with van der Waals surface area (Å²) in [5, 5.41) is 11.2. The van der Waals surface area contributed by atoms with Crippen molar-refractivity contribution in [3.8, 4) is 0 Å². The first-order chi connectivity index (χ1) is 11.2. The van der Waals surface area contributed by atoms with Crippen molar-refractivity contribution in [1.82, 2.24) is 9.80 Å². The third kappa shape index (κ3) is 4.91. The minimum absolute atomic E-state index is 0.104. The van der Waals surface area contributed by atoms with Crippen LogP contribution in [0, 0.1) is 10.1 Å². The predicted molar refractivity (Wildman–Crippen MR) is 93.9 cm³/mol. The summed E-state index contributed by atoms with van der Waals surface area (Å²) < 4.78 is 5.85. The summed E-state index contributed by atoms with van der Waals surface area (Å²) in [4.78, 5) is 26.7. The Morgan fingerprint density at radius 3 is 2.46 bits per heavy atom. The van der Waals surface area contributed by atoms with E-state index in [1.165, 1.54) is 0 Å². The highest BCUT2D eigenvalue weighted by molar-refractivity contribution is 9.10. The minimum Gasteiger partial charge on any atom is -0.444 e. The maximum atomic E-state index is 12.1. The molecule has 2 rings (SSSR count). The zero-order valence-corrected chi connectivity index (χ0v) is 15.7. The maximum absolute atomic E-state index is 12.1. The van der Waals surface area contributed by atoms with Crippen LogP contribution in [0.5, 0.6) is 0 Å². The van der Waals surface area contributed by atoms with Gasteiger partial charge < -0.3 is 9.64 Å². The Kier molecular flexibility index (Phi) is 5.82. The van der Waals surface area contributed by atoms with Gasteiger partial charge in [-0.2, -0.15) is 0 Å². The Morgan fingerprint density at radius 1 is 1.29 bits per heavy atom. The fourth-order valence-electron chi connectivity index (χ4n) is 2.55. The van der Waals surface area contributed by atoms with Crippen molar-refractivity contribution in [1.29, 1.82) is 0 Å². The zero-order chi connectivity index (χ0) is 17.9. The van der Waals surface area contributed by atoms with Crippen LogP contribution in [0.3, 0.4) is 0 Å². The van der Waals surface area contributed by atoms with Gasteiger partial charge in [0.05, 0.1) is 9.40 Å². The SMILES string of the molecule is CC(C)(C)OC(=O)N1CCN(Cc2cccc(Br)c2[N+](=O)[O-])CC1. The molecule has 0 bridgehead atoms. The number of carbonyl (C=O) groups is 1. The van der Waals surface area contributed by atoms with Crippen LogP contribution in [-0.2, 0) is 11.3 Å². The molecule has 1 aliphatic heterocycles. The Bertz CT molecular complexity index is 622. The van der Waals surface area contributed by atoms with Crippen molar-refractivity contribution in [2.24, 2.45) is 0 Å². The standard InChI is InChI=1S/C16H22BrN3O4/c1-16(2,3)24-15(21)19-9-7-18(8-10-19)11-12-5-4-6-13(17)14(12)20(22)23/h4-6H,7-11H2,1-3H3. The lowest BCUT2D eigenvalue weighted by atomic mass is 10.1. The van der Waals surface area contributed by atoms with E-state index in [9.17, 15) is 14.9 Å². The highest BCUT2D eigenvalue weighted by atomic mass is 79.9. The van der Waals surface area contributed by atoms with Gasteiger partial charge in [-0.15, -0.1) is 0 Å². The van der Waals surface area contributed by atoms with Crippen LogP contribution in [0.1, 0.15) is 26.3 Å². The van der Waals surface area contributed by atoms with Gasteiger partial charge >= 0.3 is 6.09 Å². The van der Waals surface area contributed by atoms with Gasteiger partial charge in [-0.05, 0) is 42.8 Å². The Labute approximate surface area is 149 Å². The highest BCUT2D eigenvalue weighted by Gasteiger charge is 2.27. The van der Waals surface area contributed by atoms with Crippen molar-refractivity contribution in [3.63, 3.8) is 0 Å². The topological polar surface area (TPSA) is 75.9 Å². The molecule has 1 amide bonds. The molecule has 0 atom stereocenters. The van der Waals surface area contributed by atoms with Crippen molar-refractivity contribution in [2.45, 2.75) is 32.9 Å². The number of amides is 1. The third-order valence-electron chi connectivity index (χ3n) is 3.67. The summed E-state index contributed by atoms with van der Waals surface area (Å²) in [5.74, 6) is 0. The van der Waals surface area contributed by atoms with Crippen LogP contribution >= 0.6 is 15.9 Å². The van der Waals surface area contributed by atoms with Gasteiger partial charge in [-0.1, -0.05) is 12.1 Å². The summed E-state index contributed by atoms with van der Waals surface area (Å²) in [6.07, 6.45) is -0.310. The summed E-state index contributed by atoms with van der Waals surface area (Å²) in [5.41, 5.74) is 0.262. The Morgan fingerprint density at radius 2 is 1.92 bits per heavy atom. The molecule has 1 heterocycles. The molecule has 1 aliphatic rings. The lowest BCUT2D eigenvalue weighted by Crippen LogP contribution is -2.49. The molecule has 0 spiro atoms. The second-order valence-electron chi connectivity index (χ2n) is 6.75. The second-order valence-corrected chi connectivity index (χ2v) is 7.60. The number of rotatable bonds is 3. The number of halogens is 1. The molecular formula is C16H22BrN3O4. The number of hydrogen-bond donors (Lipinski definition) is 0. The first kappa shape index (κ1) is 18.7. The normalized spacial score (nSPS) is 16.1. The summed E-state index contributed by atoms with van der Waals surface area (Å²) in [6, 6.07) is 5.23. The largest absolute Gasteiger partial charge is 0.444 e. The maximum Gasteiger partial charge on any atom is 0.410 e. The van der Waals surface area contributed by atoms with Crippen LogP contribution in [0.2, 0.25) is 0 Å². The molecule has 0 aromatic heterocycles. The molecule has 0 radical (unpaired) electrons. The lowest BCUT2D eigenvalue weighted by Gasteiger charge is -2.35.